The van der Waals surface area contributed by atoms with Crippen LogP contribution in [0.2, 0.25) is 0 Å². The van der Waals surface area contributed by atoms with Gasteiger partial charge in [-0.25, -0.2) is 0 Å². The minimum absolute atomic E-state index is 0.175. The quantitative estimate of drug-likeness (QED) is 0.698. The molecule has 2 rings (SSSR count). The SMILES string of the molecule is CCCCNc1ccc(C(=O)NCCCc2ccccc2)nn1. The number of anilines is 1. The van der Waals surface area contributed by atoms with Crippen molar-refractivity contribution in [2.75, 3.05) is 18.4 Å². The number of hydrogen-bond acceptors (Lipinski definition) is 4. The Morgan fingerprint density at radius 2 is 1.83 bits per heavy atom. The number of aryl methyl sites for hydroxylation is 1. The lowest BCUT2D eigenvalue weighted by Gasteiger charge is -2.06. The van der Waals surface area contributed by atoms with Crippen LogP contribution in [-0.4, -0.2) is 29.2 Å². The average molecular weight is 312 g/mol. The van der Waals surface area contributed by atoms with Gasteiger partial charge in [-0.1, -0.05) is 43.7 Å². The molecule has 0 aliphatic carbocycles. The second-order valence-corrected chi connectivity index (χ2v) is 5.43. The molecule has 5 heteroatoms. The predicted octanol–water partition coefficient (Wildman–Crippen LogP) is 3.05. The first-order valence-corrected chi connectivity index (χ1v) is 8.19. The molecule has 0 aliphatic heterocycles. The van der Waals surface area contributed by atoms with Crippen molar-refractivity contribution in [1.29, 1.82) is 0 Å². The van der Waals surface area contributed by atoms with E-state index in [0.29, 0.717) is 18.1 Å². The molecule has 1 aromatic carbocycles. The van der Waals surface area contributed by atoms with Gasteiger partial charge in [0, 0.05) is 13.1 Å². The van der Waals surface area contributed by atoms with Crippen molar-refractivity contribution in [2.24, 2.45) is 0 Å². The number of carbonyl (C=O) groups excluding carboxylic acids is 1. The van der Waals surface area contributed by atoms with Gasteiger partial charge < -0.3 is 10.6 Å². The molecule has 122 valence electrons. The smallest absolute Gasteiger partial charge is 0.271 e. The van der Waals surface area contributed by atoms with Crippen LogP contribution in [0.5, 0.6) is 0 Å². The van der Waals surface area contributed by atoms with Crippen molar-refractivity contribution in [3.05, 3.63) is 53.7 Å². The van der Waals surface area contributed by atoms with Gasteiger partial charge in [-0.05, 0) is 37.0 Å². The highest BCUT2D eigenvalue weighted by atomic mass is 16.1. The minimum atomic E-state index is -0.175. The number of benzene rings is 1. The normalized spacial score (nSPS) is 10.3. The third-order valence-electron chi connectivity index (χ3n) is 3.50. The summed E-state index contributed by atoms with van der Waals surface area (Å²) in [6, 6.07) is 13.7. The summed E-state index contributed by atoms with van der Waals surface area (Å²) < 4.78 is 0. The second-order valence-electron chi connectivity index (χ2n) is 5.43. The zero-order valence-corrected chi connectivity index (χ0v) is 13.6. The summed E-state index contributed by atoms with van der Waals surface area (Å²) in [5, 5.41) is 14.1. The van der Waals surface area contributed by atoms with Gasteiger partial charge in [0.2, 0.25) is 0 Å². The molecule has 0 aliphatic rings. The van der Waals surface area contributed by atoms with Gasteiger partial charge in [0.15, 0.2) is 5.69 Å². The maximum Gasteiger partial charge on any atom is 0.271 e. The van der Waals surface area contributed by atoms with Gasteiger partial charge in [0.25, 0.3) is 5.91 Å². The topological polar surface area (TPSA) is 66.9 Å². The minimum Gasteiger partial charge on any atom is -0.369 e. The van der Waals surface area contributed by atoms with Crippen LogP contribution in [0.15, 0.2) is 42.5 Å². The van der Waals surface area contributed by atoms with Gasteiger partial charge in [0.05, 0.1) is 0 Å². The molecule has 0 atom stereocenters. The molecule has 0 saturated heterocycles. The molecule has 5 nitrogen and oxygen atoms in total. The summed E-state index contributed by atoms with van der Waals surface area (Å²) in [4.78, 5) is 12.0. The molecule has 0 bridgehead atoms. The Hall–Kier alpha value is -2.43. The number of hydrogen-bond donors (Lipinski definition) is 2. The van der Waals surface area contributed by atoms with E-state index in [-0.39, 0.29) is 5.91 Å². The van der Waals surface area contributed by atoms with Crippen molar-refractivity contribution >= 4 is 11.7 Å². The summed E-state index contributed by atoms with van der Waals surface area (Å²) in [7, 11) is 0. The second kappa shape index (κ2) is 9.56. The summed E-state index contributed by atoms with van der Waals surface area (Å²) in [6.07, 6.45) is 4.07. The van der Waals surface area contributed by atoms with Crippen LogP contribution in [0.1, 0.15) is 42.2 Å². The molecule has 0 fully saturated rings. The first-order valence-electron chi connectivity index (χ1n) is 8.19. The molecular weight excluding hydrogens is 288 g/mol. The lowest BCUT2D eigenvalue weighted by atomic mass is 10.1. The highest BCUT2D eigenvalue weighted by Gasteiger charge is 2.07. The van der Waals surface area contributed by atoms with Gasteiger partial charge in [-0.2, -0.15) is 0 Å². The van der Waals surface area contributed by atoms with Crippen LogP contribution in [0.25, 0.3) is 0 Å². The number of nitrogens with one attached hydrogen (secondary N) is 2. The number of aromatic nitrogens is 2. The Labute approximate surface area is 137 Å². The van der Waals surface area contributed by atoms with Crippen molar-refractivity contribution in [1.82, 2.24) is 15.5 Å². The van der Waals surface area contributed by atoms with E-state index in [0.717, 1.165) is 32.2 Å². The van der Waals surface area contributed by atoms with Crippen molar-refractivity contribution in [3.8, 4) is 0 Å². The van der Waals surface area contributed by atoms with Gasteiger partial charge >= 0.3 is 0 Å². The van der Waals surface area contributed by atoms with Crippen LogP contribution in [0.4, 0.5) is 5.82 Å². The van der Waals surface area contributed by atoms with E-state index in [1.165, 1.54) is 5.56 Å². The van der Waals surface area contributed by atoms with Crippen molar-refractivity contribution < 1.29 is 4.79 Å². The molecule has 2 aromatic rings. The van der Waals surface area contributed by atoms with E-state index < -0.39 is 0 Å². The van der Waals surface area contributed by atoms with E-state index >= 15 is 0 Å². The maximum absolute atomic E-state index is 12.0. The number of carbonyl (C=O) groups is 1. The molecule has 23 heavy (non-hydrogen) atoms. The Morgan fingerprint density at radius 1 is 1.00 bits per heavy atom. The lowest BCUT2D eigenvalue weighted by Crippen LogP contribution is -2.26. The molecule has 1 heterocycles. The van der Waals surface area contributed by atoms with Gasteiger partial charge in [-0.3, -0.25) is 4.79 Å². The maximum atomic E-state index is 12.0. The molecule has 0 unspecified atom stereocenters. The van der Waals surface area contributed by atoms with Crippen LogP contribution >= 0.6 is 0 Å². The molecule has 0 radical (unpaired) electrons. The zero-order chi connectivity index (χ0) is 16.3. The monoisotopic (exact) mass is 312 g/mol. The third-order valence-corrected chi connectivity index (χ3v) is 3.50. The largest absolute Gasteiger partial charge is 0.369 e. The van der Waals surface area contributed by atoms with E-state index in [2.05, 4.69) is 39.9 Å². The average Bonchev–Trinajstić information content (AvgIpc) is 2.60. The van der Waals surface area contributed by atoms with Crippen LogP contribution in [0.3, 0.4) is 0 Å². The first kappa shape index (κ1) is 16.9. The molecule has 2 N–H and O–H groups in total. The Balaban J connectivity index is 1.70. The first-order chi connectivity index (χ1) is 11.3. The standard InChI is InChI=1S/C18H24N4O/c1-2-3-13-19-17-12-11-16(21-22-17)18(23)20-14-7-10-15-8-5-4-6-9-15/h4-6,8-9,11-12H,2-3,7,10,13-14H2,1H3,(H,19,22)(H,20,23). The number of amides is 1. The van der Waals surface area contributed by atoms with Crippen LogP contribution < -0.4 is 10.6 Å². The fourth-order valence-electron chi connectivity index (χ4n) is 2.17. The summed E-state index contributed by atoms with van der Waals surface area (Å²) >= 11 is 0. The fraction of sp³-hybridized carbons (Fsp3) is 0.389. The molecule has 1 aromatic heterocycles. The number of nitrogens with zero attached hydrogens (tertiary/aromatic N) is 2. The molecular formula is C18H24N4O. The van der Waals surface area contributed by atoms with E-state index in [1.807, 2.05) is 18.2 Å². The summed E-state index contributed by atoms with van der Waals surface area (Å²) in [5.74, 6) is 0.532. The van der Waals surface area contributed by atoms with E-state index in [4.69, 9.17) is 0 Å². The summed E-state index contributed by atoms with van der Waals surface area (Å²) in [5.41, 5.74) is 1.63. The zero-order valence-electron chi connectivity index (χ0n) is 13.6. The Morgan fingerprint density at radius 3 is 2.52 bits per heavy atom. The Bertz CT molecular complexity index is 584. The third kappa shape index (κ3) is 6.06. The highest BCUT2D eigenvalue weighted by Crippen LogP contribution is 2.04. The van der Waals surface area contributed by atoms with E-state index in [9.17, 15) is 4.79 Å². The van der Waals surface area contributed by atoms with Crippen molar-refractivity contribution in [2.45, 2.75) is 32.6 Å². The van der Waals surface area contributed by atoms with Gasteiger partial charge in [-0.15, -0.1) is 10.2 Å². The van der Waals surface area contributed by atoms with Gasteiger partial charge in [0.1, 0.15) is 5.82 Å². The predicted molar refractivity (Wildman–Crippen MR) is 92.5 cm³/mol. The molecule has 0 saturated carbocycles. The Kier molecular flexibility index (Phi) is 7.04. The van der Waals surface area contributed by atoms with Crippen LogP contribution in [-0.2, 0) is 6.42 Å². The lowest BCUT2D eigenvalue weighted by molar-refractivity contribution is 0.0947. The molecule has 1 amide bonds. The highest BCUT2D eigenvalue weighted by molar-refractivity contribution is 5.92. The number of rotatable bonds is 9. The van der Waals surface area contributed by atoms with Crippen molar-refractivity contribution in [3.63, 3.8) is 0 Å². The molecule has 0 spiro atoms. The van der Waals surface area contributed by atoms with E-state index in [1.54, 1.807) is 12.1 Å². The van der Waals surface area contributed by atoms with Crippen LogP contribution in [0, 0.1) is 0 Å². The number of unbranched alkanes of at least 4 members (excludes halogenated alkanes) is 1. The summed E-state index contributed by atoms with van der Waals surface area (Å²) in [6.45, 7) is 3.64. The fourth-order valence-corrected chi connectivity index (χ4v) is 2.17.